The lowest BCUT2D eigenvalue weighted by Gasteiger charge is -2.10. The first kappa shape index (κ1) is 14.8. The average molecular weight is 299 g/mol. The van der Waals surface area contributed by atoms with Crippen molar-refractivity contribution in [3.63, 3.8) is 0 Å². The van der Waals surface area contributed by atoms with Crippen LogP contribution in [0.15, 0.2) is 42.5 Å². The van der Waals surface area contributed by atoms with Gasteiger partial charge in [-0.25, -0.2) is 0 Å². The van der Waals surface area contributed by atoms with Gasteiger partial charge in [0, 0.05) is 18.1 Å². The molecule has 0 radical (unpaired) electrons. The number of nitrogens with zero attached hydrogens (tertiary/aromatic N) is 1. The molecule has 0 aromatic heterocycles. The lowest BCUT2D eigenvalue weighted by molar-refractivity contribution is -0.114. The molecule has 5 heteroatoms. The molecule has 0 fully saturated rings. The summed E-state index contributed by atoms with van der Waals surface area (Å²) in [4.78, 5) is 23.8. The third kappa shape index (κ3) is 3.28. The third-order valence-corrected chi connectivity index (χ3v) is 3.15. The minimum atomic E-state index is -0.346. The number of nitriles is 1. The second-order valence-corrected chi connectivity index (χ2v) is 4.77. The summed E-state index contributed by atoms with van der Waals surface area (Å²) in [6.07, 6.45) is 0. The lowest BCUT2D eigenvalue weighted by atomic mass is 9.99. The van der Waals surface area contributed by atoms with E-state index >= 15 is 0 Å². The van der Waals surface area contributed by atoms with Crippen molar-refractivity contribution in [2.24, 2.45) is 0 Å². The van der Waals surface area contributed by atoms with Gasteiger partial charge in [0.1, 0.15) is 0 Å². The molecule has 0 saturated carbocycles. The SMILES string of the molecule is CC(=O)Nc1ccc(C#N)cc1C(=O)c1ccccc1Cl. The highest BCUT2D eigenvalue weighted by molar-refractivity contribution is 6.35. The van der Waals surface area contributed by atoms with Gasteiger partial charge in [-0.05, 0) is 30.3 Å². The zero-order chi connectivity index (χ0) is 15.4. The van der Waals surface area contributed by atoms with Crippen LogP contribution in [0.2, 0.25) is 5.02 Å². The predicted octanol–water partition coefficient (Wildman–Crippen LogP) is 3.40. The van der Waals surface area contributed by atoms with Crippen LogP contribution in [-0.2, 0) is 4.79 Å². The molecule has 0 bridgehead atoms. The Morgan fingerprint density at radius 3 is 2.48 bits per heavy atom. The number of rotatable bonds is 3. The van der Waals surface area contributed by atoms with Crippen LogP contribution < -0.4 is 5.32 Å². The maximum atomic E-state index is 12.6. The average Bonchev–Trinajstić information content (AvgIpc) is 2.47. The summed E-state index contributed by atoms with van der Waals surface area (Å²) in [5.74, 6) is -0.644. The number of hydrogen-bond donors (Lipinski definition) is 1. The van der Waals surface area contributed by atoms with Crippen molar-refractivity contribution in [3.8, 4) is 6.07 Å². The van der Waals surface area contributed by atoms with Crippen LogP contribution in [0.1, 0.15) is 28.4 Å². The van der Waals surface area contributed by atoms with Gasteiger partial charge in [-0.15, -0.1) is 0 Å². The summed E-state index contributed by atoms with van der Waals surface area (Å²) >= 11 is 6.03. The number of carbonyl (C=O) groups excluding carboxylic acids is 2. The van der Waals surface area contributed by atoms with Crippen molar-refractivity contribution >= 4 is 29.0 Å². The zero-order valence-electron chi connectivity index (χ0n) is 11.2. The largest absolute Gasteiger partial charge is 0.326 e. The molecule has 0 heterocycles. The molecule has 21 heavy (non-hydrogen) atoms. The van der Waals surface area contributed by atoms with Gasteiger partial charge in [0.15, 0.2) is 5.78 Å². The molecule has 0 aliphatic carbocycles. The quantitative estimate of drug-likeness (QED) is 0.883. The molecule has 1 amide bonds. The van der Waals surface area contributed by atoms with E-state index < -0.39 is 0 Å². The molecule has 4 nitrogen and oxygen atoms in total. The number of benzene rings is 2. The molecule has 0 aliphatic rings. The fraction of sp³-hybridized carbons (Fsp3) is 0.0625. The molecule has 104 valence electrons. The first-order valence-corrected chi connectivity index (χ1v) is 6.51. The Hall–Kier alpha value is -2.64. The molecule has 0 aliphatic heterocycles. The van der Waals surface area contributed by atoms with E-state index in [2.05, 4.69) is 5.32 Å². The molecule has 0 saturated heterocycles. The molecule has 0 unspecified atom stereocenters. The minimum absolute atomic E-state index is 0.234. The van der Waals surface area contributed by atoms with Crippen molar-refractivity contribution in [1.82, 2.24) is 0 Å². The van der Waals surface area contributed by atoms with Crippen molar-refractivity contribution in [2.45, 2.75) is 6.92 Å². The van der Waals surface area contributed by atoms with Crippen molar-refractivity contribution < 1.29 is 9.59 Å². The Labute approximate surface area is 127 Å². The number of carbonyl (C=O) groups is 2. The monoisotopic (exact) mass is 298 g/mol. The number of hydrogen-bond acceptors (Lipinski definition) is 3. The summed E-state index contributed by atoms with van der Waals surface area (Å²) in [6.45, 7) is 1.35. The Morgan fingerprint density at radius 2 is 1.86 bits per heavy atom. The summed E-state index contributed by atoms with van der Waals surface area (Å²) in [5, 5.41) is 11.9. The second-order valence-electron chi connectivity index (χ2n) is 4.36. The summed E-state index contributed by atoms with van der Waals surface area (Å²) in [7, 11) is 0. The third-order valence-electron chi connectivity index (χ3n) is 2.82. The van der Waals surface area contributed by atoms with Crippen LogP contribution in [0, 0.1) is 11.3 Å². The van der Waals surface area contributed by atoms with Crippen LogP contribution in [0.3, 0.4) is 0 Å². The van der Waals surface area contributed by atoms with Crippen molar-refractivity contribution in [1.29, 1.82) is 5.26 Å². The number of ketones is 1. The second kappa shape index (κ2) is 6.21. The first-order valence-electron chi connectivity index (χ1n) is 6.14. The van der Waals surface area contributed by atoms with Crippen LogP contribution in [0.4, 0.5) is 5.69 Å². The van der Waals surface area contributed by atoms with Crippen LogP contribution in [0.25, 0.3) is 0 Å². The van der Waals surface area contributed by atoms with Crippen LogP contribution >= 0.6 is 11.6 Å². The Kier molecular flexibility index (Phi) is 4.36. The Balaban J connectivity index is 2.55. The molecule has 0 atom stereocenters. The smallest absolute Gasteiger partial charge is 0.221 e. The Morgan fingerprint density at radius 1 is 1.14 bits per heavy atom. The van der Waals surface area contributed by atoms with Gasteiger partial charge >= 0.3 is 0 Å². The van der Waals surface area contributed by atoms with E-state index in [9.17, 15) is 9.59 Å². The van der Waals surface area contributed by atoms with Gasteiger partial charge in [-0.1, -0.05) is 23.7 Å². The number of amides is 1. The standard InChI is InChI=1S/C16H11ClN2O2/c1-10(20)19-15-7-6-11(9-18)8-13(15)16(21)12-4-2-3-5-14(12)17/h2-8H,1H3,(H,19,20). The van der Waals surface area contributed by atoms with E-state index in [1.165, 1.54) is 25.1 Å². The van der Waals surface area contributed by atoms with Gasteiger partial charge in [0.2, 0.25) is 5.91 Å². The van der Waals surface area contributed by atoms with Gasteiger partial charge in [0.25, 0.3) is 0 Å². The molecule has 2 aromatic rings. The van der Waals surface area contributed by atoms with Gasteiger partial charge in [-0.3, -0.25) is 9.59 Å². The summed E-state index contributed by atoms with van der Waals surface area (Å²) in [5.41, 5.74) is 1.24. The molecule has 1 N–H and O–H groups in total. The first-order chi connectivity index (χ1) is 10.0. The van der Waals surface area contributed by atoms with Gasteiger partial charge in [-0.2, -0.15) is 5.26 Å². The fourth-order valence-corrected chi connectivity index (χ4v) is 2.11. The number of halogens is 1. The highest BCUT2D eigenvalue weighted by atomic mass is 35.5. The zero-order valence-corrected chi connectivity index (χ0v) is 11.9. The van der Waals surface area contributed by atoms with Gasteiger partial charge in [0.05, 0.1) is 22.3 Å². The van der Waals surface area contributed by atoms with E-state index in [1.54, 1.807) is 24.3 Å². The van der Waals surface area contributed by atoms with E-state index in [0.717, 1.165) is 0 Å². The fourth-order valence-electron chi connectivity index (χ4n) is 1.89. The van der Waals surface area contributed by atoms with Crippen molar-refractivity contribution in [2.75, 3.05) is 5.32 Å². The maximum Gasteiger partial charge on any atom is 0.221 e. The van der Waals surface area contributed by atoms with E-state index in [4.69, 9.17) is 16.9 Å². The molecular weight excluding hydrogens is 288 g/mol. The molecule has 2 aromatic carbocycles. The summed E-state index contributed by atoms with van der Waals surface area (Å²) < 4.78 is 0. The van der Waals surface area contributed by atoms with Gasteiger partial charge < -0.3 is 5.32 Å². The predicted molar refractivity (Wildman–Crippen MR) is 80.3 cm³/mol. The number of anilines is 1. The normalized spacial score (nSPS) is 9.76. The molecular formula is C16H11ClN2O2. The van der Waals surface area contributed by atoms with E-state index in [1.807, 2.05) is 6.07 Å². The van der Waals surface area contributed by atoms with Crippen molar-refractivity contribution in [3.05, 3.63) is 64.2 Å². The minimum Gasteiger partial charge on any atom is -0.326 e. The van der Waals surface area contributed by atoms with E-state index in [0.29, 0.717) is 21.8 Å². The van der Waals surface area contributed by atoms with Crippen LogP contribution in [0.5, 0.6) is 0 Å². The topological polar surface area (TPSA) is 70.0 Å². The summed E-state index contributed by atoms with van der Waals surface area (Å²) in [6, 6.07) is 13.1. The van der Waals surface area contributed by atoms with E-state index in [-0.39, 0.29) is 17.3 Å². The molecule has 2 rings (SSSR count). The lowest BCUT2D eigenvalue weighted by Crippen LogP contribution is -2.12. The van der Waals surface area contributed by atoms with Crippen LogP contribution in [-0.4, -0.2) is 11.7 Å². The maximum absolute atomic E-state index is 12.6. The molecule has 0 spiro atoms. The Bertz CT molecular complexity index is 763. The highest BCUT2D eigenvalue weighted by Crippen LogP contribution is 2.24. The highest BCUT2D eigenvalue weighted by Gasteiger charge is 2.17. The number of nitrogens with one attached hydrogen (secondary N) is 1.